The molecular weight excluding hydrogens is 138 g/mol. The summed E-state index contributed by atoms with van der Waals surface area (Å²) in [6, 6.07) is 0.604. The predicted molar refractivity (Wildman–Crippen MR) is 46.6 cm³/mol. The Bertz CT molecular complexity index is 130. The van der Waals surface area contributed by atoms with Gasteiger partial charge in [-0.05, 0) is 13.0 Å². The molecule has 0 spiro atoms. The topological polar surface area (TPSA) is 21.3 Å². The van der Waals surface area contributed by atoms with E-state index in [9.17, 15) is 0 Å². The van der Waals surface area contributed by atoms with Gasteiger partial charge in [0.05, 0.1) is 6.10 Å². The zero-order valence-electron chi connectivity index (χ0n) is 8.14. The van der Waals surface area contributed by atoms with Gasteiger partial charge in [-0.15, -0.1) is 0 Å². The first kappa shape index (κ1) is 9.01. The van der Waals surface area contributed by atoms with Crippen LogP contribution >= 0.6 is 0 Å². The summed E-state index contributed by atoms with van der Waals surface area (Å²) in [6.45, 7) is 6.74. The molecule has 0 bridgehead atoms. The number of hydrogen-bond donors (Lipinski definition) is 1. The monoisotopic (exact) mass is 157 g/mol. The highest BCUT2D eigenvalue weighted by Crippen LogP contribution is 2.46. The van der Waals surface area contributed by atoms with Crippen LogP contribution in [-0.4, -0.2) is 26.3 Å². The van der Waals surface area contributed by atoms with Crippen molar-refractivity contribution < 1.29 is 4.74 Å². The summed E-state index contributed by atoms with van der Waals surface area (Å²) in [5.41, 5.74) is 0.295. The average Bonchev–Trinajstić information content (AvgIpc) is 1.88. The van der Waals surface area contributed by atoms with Gasteiger partial charge >= 0.3 is 0 Å². The summed E-state index contributed by atoms with van der Waals surface area (Å²) in [5, 5.41) is 3.33. The second kappa shape index (κ2) is 2.76. The maximum Gasteiger partial charge on any atom is 0.0677 e. The van der Waals surface area contributed by atoms with Crippen LogP contribution < -0.4 is 5.32 Å². The molecule has 11 heavy (non-hydrogen) atoms. The molecule has 1 saturated carbocycles. The Morgan fingerprint density at radius 1 is 1.36 bits per heavy atom. The number of rotatable bonds is 2. The first-order valence-corrected chi connectivity index (χ1v) is 4.25. The van der Waals surface area contributed by atoms with Crippen LogP contribution in [0.2, 0.25) is 0 Å². The van der Waals surface area contributed by atoms with Gasteiger partial charge in [0.1, 0.15) is 0 Å². The fourth-order valence-corrected chi connectivity index (χ4v) is 2.74. The molecule has 1 aliphatic rings. The Labute approximate surface area is 69.3 Å². The smallest absolute Gasteiger partial charge is 0.0677 e. The van der Waals surface area contributed by atoms with E-state index in [0.29, 0.717) is 23.5 Å². The van der Waals surface area contributed by atoms with E-state index >= 15 is 0 Å². The van der Waals surface area contributed by atoms with Crippen LogP contribution in [0, 0.1) is 11.3 Å². The second-order valence-electron chi connectivity index (χ2n) is 4.10. The second-order valence-corrected chi connectivity index (χ2v) is 4.10. The molecular formula is C9H19NO. The first-order chi connectivity index (χ1) is 5.05. The molecule has 0 aromatic carbocycles. The summed E-state index contributed by atoms with van der Waals surface area (Å²) >= 11 is 0. The van der Waals surface area contributed by atoms with Crippen molar-refractivity contribution in [1.82, 2.24) is 5.32 Å². The minimum Gasteiger partial charge on any atom is -0.380 e. The number of methoxy groups -OCH3 is 1. The van der Waals surface area contributed by atoms with Crippen LogP contribution in [0.25, 0.3) is 0 Å². The predicted octanol–water partition coefficient (Wildman–Crippen LogP) is 1.27. The number of hydrogen-bond acceptors (Lipinski definition) is 2. The van der Waals surface area contributed by atoms with E-state index in [0.717, 1.165) is 0 Å². The van der Waals surface area contributed by atoms with Crippen LogP contribution in [0.4, 0.5) is 0 Å². The largest absolute Gasteiger partial charge is 0.380 e. The Hall–Kier alpha value is -0.0800. The van der Waals surface area contributed by atoms with E-state index in [2.05, 4.69) is 26.1 Å². The van der Waals surface area contributed by atoms with Crippen molar-refractivity contribution in [2.75, 3.05) is 14.2 Å². The van der Waals surface area contributed by atoms with Gasteiger partial charge in [0, 0.05) is 18.6 Å². The first-order valence-electron chi connectivity index (χ1n) is 4.25. The highest BCUT2D eigenvalue weighted by molar-refractivity contribution is 5.06. The molecule has 0 aliphatic heterocycles. The Morgan fingerprint density at radius 3 is 2.18 bits per heavy atom. The Morgan fingerprint density at radius 2 is 1.91 bits per heavy atom. The lowest BCUT2D eigenvalue weighted by Crippen LogP contribution is -2.66. The molecule has 0 aromatic heterocycles. The lowest BCUT2D eigenvalue weighted by atomic mass is 9.58. The maximum atomic E-state index is 5.41. The molecule has 0 saturated heterocycles. The standard InChI is InChI=1S/C9H19NO/c1-6-7(10-4)9(2,3)8(6)11-5/h6-8,10H,1-5H3. The fraction of sp³-hybridized carbons (Fsp3) is 1.00. The Kier molecular flexibility index (Phi) is 2.26. The van der Waals surface area contributed by atoms with Crippen LogP contribution in [0.3, 0.4) is 0 Å². The highest BCUT2D eigenvalue weighted by atomic mass is 16.5. The zero-order chi connectivity index (χ0) is 8.65. The molecule has 1 fully saturated rings. The van der Waals surface area contributed by atoms with Crippen LogP contribution in [0.15, 0.2) is 0 Å². The summed E-state index contributed by atoms with van der Waals surface area (Å²) < 4.78 is 5.41. The van der Waals surface area contributed by atoms with Gasteiger partial charge in [-0.25, -0.2) is 0 Å². The van der Waals surface area contributed by atoms with E-state index < -0.39 is 0 Å². The normalized spacial score (nSPS) is 41.7. The third-order valence-electron chi connectivity index (χ3n) is 3.10. The molecule has 1 N–H and O–H groups in total. The maximum absolute atomic E-state index is 5.41. The van der Waals surface area contributed by atoms with Crippen molar-refractivity contribution in [2.24, 2.45) is 11.3 Å². The van der Waals surface area contributed by atoms with E-state index in [1.807, 2.05) is 7.05 Å². The van der Waals surface area contributed by atoms with Gasteiger partial charge in [-0.2, -0.15) is 0 Å². The van der Waals surface area contributed by atoms with E-state index in [1.165, 1.54) is 0 Å². The third kappa shape index (κ3) is 1.09. The van der Waals surface area contributed by atoms with Gasteiger partial charge in [0.25, 0.3) is 0 Å². The zero-order valence-corrected chi connectivity index (χ0v) is 8.14. The minimum absolute atomic E-state index is 0.295. The van der Waals surface area contributed by atoms with Gasteiger partial charge in [-0.3, -0.25) is 0 Å². The minimum atomic E-state index is 0.295. The van der Waals surface area contributed by atoms with Crippen LogP contribution in [-0.2, 0) is 4.74 Å². The van der Waals surface area contributed by atoms with Crippen molar-refractivity contribution in [3.63, 3.8) is 0 Å². The summed E-state index contributed by atoms with van der Waals surface area (Å²) in [6.07, 6.45) is 0.417. The van der Waals surface area contributed by atoms with Gasteiger partial charge < -0.3 is 10.1 Å². The molecule has 2 heteroatoms. The molecule has 1 rings (SSSR count). The number of nitrogens with one attached hydrogen (secondary N) is 1. The van der Waals surface area contributed by atoms with Crippen molar-refractivity contribution >= 4 is 0 Å². The highest BCUT2D eigenvalue weighted by Gasteiger charge is 2.53. The molecule has 0 heterocycles. The molecule has 0 amide bonds. The van der Waals surface area contributed by atoms with Gasteiger partial charge in [-0.1, -0.05) is 20.8 Å². The van der Waals surface area contributed by atoms with Gasteiger partial charge in [0.2, 0.25) is 0 Å². The average molecular weight is 157 g/mol. The van der Waals surface area contributed by atoms with E-state index in [4.69, 9.17) is 4.74 Å². The number of ether oxygens (including phenoxy) is 1. The van der Waals surface area contributed by atoms with E-state index in [-0.39, 0.29) is 0 Å². The van der Waals surface area contributed by atoms with Crippen molar-refractivity contribution in [1.29, 1.82) is 0 Å². The molecule has 66 valence electrons. The third-order valence-corrected chi connectivity index (χ3v) is 3.10. The molecule has 2 nitrogen and oxygen atoms in total. The molecule has 3 unspecified atom stereocenters. The molecule has 0 radical (unpaired) electrons. The fourth-order valence-electron chi connectivity index (χ4n) is 2.74. The summed E-state index contributed by atoms with van der Waals surface area (Å²) in [7, 11) is 3.82. The summed E-state index contributed by atoms with van der Waals surface area (Å²) in [5.74, 6) is 0.639. The lowest BCUT2D eigenvalue weighted by Gasteiger charge is -2.56. The quantitative estimate of drug-likeness (QED) is 0.651. The summed E-state index contributed by atoms with van der Waals surface area (Å²) in [4.78, 5) is 0. The lowest BCUT2D eigenvalue weighted by molar-refractivity contribution is -0.142. The SMILES string of the molecule is CNC1C(C)C(OC)C1(C)C. The van der Waals surface area contributed by atoms with Crippen molar-refractivity contribution in [3.8, 4) is 0 Å². The molecule has 0 aromatic rings. The van der Waals surface area contributed by atoms with Crippen LogP contribution in [0.5, 0.6) is 0 Å². The molecule has 3 atom stereocenters. The molecule has 1 aliphatic carbocycles. The Balaban J connectivity index is 2.62. The van der Waals surface area contributed by atoms with Gasteiger partial charge in [0.15, 0.2) is 0 Å². The van der Waals surface area contributed by atoms with Crippen LogP contribution in [0.1, 0.15) is 20.8 Å². The van der Waals surface area contributed by atoms with E-state index in [1.54, 1.807) is 7.11 Å². The van der Waals surface area contributed by atoms with Crippen molar-refractivity contribution in [3.05, 3.63) is 0 Å². The van der Waals surface area contributed by atoms with Crippen molar-refractivity contribution in [2.45, 2.75) is 32.9 Å².